The molecular weight excluding hydrogens is 198 g/mol. The largest absolute Gasteiger partial charge is 0.488 e. The van der Waals surface area contributed by atoms with Gasteiger partial charge >= 0.3 is 0 Å². The van der Waals surface area contributed by atoms with Crippen LogP contribution in [0.2, 0.25) is 0 Å². The average molecular weight is 219 g/mol. The molecule has 88 valence electrons. The second-order valence-electron chi connectivity index (χ2n) is 4.72. The highest BCUT2D eigenvalue weighted by Crippen LogP contribution is 2.31. The maximum absolute atomic E-state index is 5.99. The number of benzene rings is 1. The summed E-state index contributed by atoms with van der Waals surface area (Å²) in [4.78, 5) is 0. The van der Waals surface area contributed by atoms with Gasteiger partial charge in [-0.25, -0.2) is 0 Å². The molecule has 0 heterocycles. The number of rotatable bonds is 3. The molecule has 2 heteroatoms. The van der Waals surface area contributed by atoms with E-state index in [0.29, 0.717) is 6.10 Å². The molecule has 0 spiro atoms. The lowest BCUT2D eigenvalue weighted by atomic mass is 9.85. The van der Waals surface area contributed by atoms with Gasteiger partial charge in [0.15, 0.2) is 0 Å². The second kappa shape index (κ2) is 5.24. The Morgan fingerprint density at radius 3 is 2.88 bits per heavy atom. The zero-order valence-corrected chi connectivity index (χ0v) is 9.99. The highest BCUT2D eigenvalue weighted by Gasteiger charge is 2.22. The molecule has 0 bridgehead atoms. The Hall–Kier alpha value is -1.18. The van der Waals surface area contributed by atoms with E-state index in [1.807, 2.05) is 24.3 Å². The third kappa shape index (κ3) is 2.69. The summed E-state index contributed by atoms with van der Waals surface area (Å²) in [5, 5.41) is 0. The van der Waals surface area contributed by atoms with Crippen molar-refractivity contribution in [2.75, 3.05) is 5.73 Å². The lowest BCUT2D eigenvalue weighted by Gasteiger charge is -2.29. The molecule has 2 atom stereocenters. The monoisotopic (exact) mass is 219 g/mol. The van der Waals surface area contributed by atoms with Crippen LogP contribution in [0.5, 0.6) is 5.75 Å². The van der Waals surface area contributed by atoms with Gasteiger partial charge in [0.05, 0.1) is 11.8 Å². The SMILES string of the molecule is CCC1CCCC(Oc2ccccc2N)C1. The molecule has 2 nitrogen and oxygen atoms in total. The first-order valence-corrected chi connectivity index (χ1v) is 6.30. The quantitative estimate of drug-likeness (QED) is 0.788. The minimum Gasteiger partial charge on any atom is -0.488 e. The number of ether oxygens (including phenoxy) is 1. The lowest BCUT2D eigenvalue weighted by Crippen LogP contribution is -2.25. The first-order valence-electron chi connectivity index (χ1n) is 6.30. The fourth-order valence-corrected chi connectivity index (χ4v) is 2.49. The Balaban J connectivity index is 1.97. The van der Waals surface area contributed by atoms with E-state index in [0.717, 1.165) is 17.4 Å². The van der Waals surface area contributed by atoms with Crippen LogP contribution in [0.25, 0.3) is 0 Å². The van der Waals surface area contributed by atoms with Gasteiger partial charge in [-0.1, -0.05) is 31.9 Å². The zero-order chi connectivity index (χ0) is 11.4. The van der Waals surface area contributed by atoms with Crippen LogP contribution in [0, 0.1) is 5.92 Å². The van der Waals surface area contributed by atoms with Crippen molar-refractivity contribution in [1.29, 1.82) is 0 Å². The molecule has 1 aliphatic carbocycles. The van der Waals surface area contributed by atoms with E-state index in [2.05, 4.69) is 6.92 Å². The Bertz CT molecular complexity index is 337. The van der Waals surface area contributed by atoms with E-state index < -0.39 is 0 Å². The first kappa shape index (κ1) is 11.3. The molecule has 16 heavy (non-hydrogen) atoms. The lowest BCUT2D eigenvalue weighted by molar-refractivity contribution is 0.123. The molecule has 2 unspecified atom stereocenters. The summed E-state index contributed by atoms with van der Waals surface area (Å²) in [6, 6.07) is 7.78. The molecule has 0 amide bonds. The van der Waals surface area contributed by atoms with Crippen molar-refractivity contribution >= 4 is 5.69 Å². The molecule has 1 aromatic carbocycles. The molecule has 1 aliphatic rings. The Morgan fingerprint density at radius 2 is 2.12 bits per heavy atom. The minimum atomic E-state index is 0.364. The first-order chi connectivity index (χ1) is 7.79. The third-order valence-corrected chi connectivity index (χ3v) is 3.52. The van der Waals surface area contributed by atoms with Gasteiger partial charge in [0.25, 0.3) is 0 Å². The molecule has 0 aliphatic heterocycles. The molecule has 1 aromatic rings. The van der Waals surface area contributed by atoms with Crippen LogP contribution in [-0.2, 0) is 0 Å². The minimum absolute atomic E-state index is 0.364. The topological polar surface area (TPSA) is 35.2 Å². The van der Waals surface area contributed by atoms with Gasteiger partial charge in [-0.15, -0.1) is 0 Å². The fraction of sp³-hybridized carbons (Fsp3) is 0.571. The van der Waals surface area contributed by atoms with E-state index in [4.69, 9.17) is 10.5 Å². The zero-order valence-electron chi connectivity index (χ0n) is 9.99. The van der Waals surface area contributed by atoms with Crippen LogP contribution in [-0.4, -0.2) is 6.10 Å². The predicted molar refractivity (Wildman–Crippen MR) is 67.5 cm³/mol. The van der Waals surface area contributed by atoms with Crippen molar-refractivity contribution in [3.05, 3.63) is 24.3 Å². The maximum atomic E-state index is 5.99. The van der Waals surface area contributed by atoms with Crippen LogP contribution < -0.4 is 10.5 Å². The molecule has 0 aromatic heterocycles. The van der Waals surface area contributed by atoms with E-state index in [9.17, 15) is 0 Å². The number of anilines is 1. The molecule has 0 saturated heterocycles. The van der Waals surface area contributed by atoms with Gasteiger partial charge in [0, 0.05) is 0 Å². The van der Waals surface area contributed by atoms with Gasteiger partial charge in [-0.2, -0.15) is 0 Å². The fourth-order valence-electron chi connectivity index (χ4n) is 2.49. The summed E-state index contributed by atoms with van der Waals surface area (Å²) in [7, 11) is 0. The van der Waals surface area contributed by atoms with Crippen LogP contribution in [0.3, 0.4) is 0 Å². The number of para-hydroxylation sites is 2. The number of hydrogen-bond acceptors (Lipinski definition) is 2. The molecule has 2 N–H and O–H groups in total. The average Bonchev–Trinajstić information content (AvgIpc) is 2.32. The molecule has 1 saturated carbocycles. The molecule has 0 radical (unpaired) electrons. The standard InChI is InChI=1S/C14H21NO/c1-2-11-6-5-7-12(10-11)16-14-9-4-3-8-13(14)15/h3-4,8-9,11-12H,2,5-7,10,15H2,1H3. The Labute approximate surface area is 97.8 Å². The van der Waals surface area contributed by atoms with Crippen molar-refractivity contribution in [2.45, 2.75) is 45.1 Å². The van der Waals surface area contributed by atoms with Crippen molar-refractivity contribution in [3.63, 3.8) is 0 Å². The Morgan fingerprint density at radius 1 is 1.31 bits per heavy atom. The third-order valence-electron chi connectivity index (χ3n) is 3.52. The van der Waals surface area contributed by atoms with Crippen LogP contribution in [0.1, 0.15) is 39.0 Å². The van der Waals surface area contributed by atoms with Gasteiger partial charge in [-0.05, 0) is 37.3 Å². The molecule has 1 fully saturated rings. The van der Waals surface area contributed by atoms with Crippen molar-refractivity contribution in [3.8, 4) is 5.75 Å². The van der Waals surface area contributed by atoms with E-state index >= 15 is 0 Å². The summed E-state index contributed by atoms with van der Waals surface area (Å²) in [6.45, 7) is 2.27. The number of nitrogens with two attached hydrogens (primary N) is 1. The summed E-state index contributed by atoms with van der Waals surface area (Å²) in [5.74, 6) is 1.69. The molecule has 2 rings (SSSR count). The predicted octanol–water partition coefficient (Wildman–Crippen LogP) is 3.62. The van der Waals surface area contributed by atoms with Crippen molar-refractivity contribution < 1.29 is 4.74 Å². The highest BCUT2D eigenvalue weighted by molar-refractivity contribution is 5.51. The number of hydrogen-bond donors (Lipinski definition) is 1. The van der Waals surface area contributed by atoms with E-state index in [-0.39, 0.29) is 0 Å². The summed E-state index contributed by atoms with van der Waals surface area (Å²) < 4.78 is 5.99. The van der Waals surface area contributed by atoms with Gasteiger partial charge in [-0.3, -0.25) is 0 Å². The van der Waals surface area contributed by atoms with Gasteiger partial charge in [0.2, 0.25) is 0 Å². The summed E-state index contributed by atoms with van der Waals surface area (Å²) in [6.07, 6.45) is 6.64. The van der Waals surface area contributed by atoms with Gasteiger partial charge in [0.1, 0.15) is 5.75 Å². The van der Waals surface area contributed by atoms with E-state index in [1.165, 1.54) is 32.1 Å². The van der Waals surface area contributed by atoms with Gasteiger partial charge < -0.3 is 10.5 Å². The Kier molecular flexibility index (Phi) is 3.70. The van der Waals surface area contributed by atoms with Crippen molar-refractivity contribution in [2.24, 2.45) is 5.92 Å². The summed E-state index contributed by atoms with van der Waals surface area (Å²) >= 11 is 0. The normalized spacial score (nSPS) is 25.3. The van der Waals surface area contributed by atoms with Crippen molar-refractivity contribution in [1.82, 2.24) is 0 Å². The second-order valence-corrected chi connectivity index (χ2v) is 4.72. The highest BCUT2D eigenvalue weighted by atomic mass is 16.5. The number of nitrogen functional groups attached to an aromatic ring is 1. The molecular formula is C14H21NO. The summed E-state index contributed by atoms with van der Waals surface area (Å²) in [5.41, 5.74) is 6.63. The van der Waals surface area contributed by atoms with E-state index in [1.54, 1.807) is 0 Å². The smallest absolute Gasteiger partial charge is 0.142 e. The van der Waals surface area contributed by atoms with Crippen LogP contribution >= 0.6 is 0 Å². The van der Waals surface area contributed by atoms with Crippen LogP contribution in [0.4, 0.5) is 5.69 Å². The van der Waals surface area contributed by atoms with Crippen LogP contribution in [0.15, 0.2) is 24.3 Å². The maximum Gasteiger partial charge on any atom is 0.142 e.